The van der Waals surface area contributed by atoms with E-state index in [4.69, 9.17) is 16.3 Å². The van der Waals surface area contributed by atoms with Gasteiger partial charge < -0.3 is 9.64 Å². The maximum atomic E-state index is 14.0. The molecule has 0 spiro atoms. The van der Waals surface area contributed by atoms with E-state index in [2.05, 4.69) is 15.2 Å². The Labute approximate surface area is 210 Å². The lowest BCUT2D eigenvalue weighted by molar-refractivity contribution is -0.142. The molecule has 8 nitrogen and oxygen atoms in total. The highest BCUT2D eigenvalue weighted by Gasteiger charge is 2.37. The number of aromatic nitrogens is 5. The molecular weight excluding hydrogens is 497 g/mol. The van der Waals surface area contributed by atoms with Gasteiger partial charge in [-0.25, -0.2) is 9.50 Å². The third-order valence-corrected chi connectivity index (χ3v) is 6.31. The van der Waals surface area contributed by atoms with Crippen LogP contribution < -0.4 is 4.74 Å². The molecule has 1 aromatic carbocycles. The highest BCUT2D eigenvalue weighted by molar-refractivity contribution is 6.36. The van der Waals surface area contributed by atoms with Crippen molar-refractivity contribution in [3.63, 3.8) is 0 Å². The number of nitrogens with zero attached hydrogens (tertiary/aromatic N) is 6. The van der Waals surface area contributed by atoms with Crippen LogP contribution >= 0.6 is 11.6 Å². The van der Waals surface area contributed by atoms with E-state index in [0.29, 0.717) is 22.4 Å². The van der Waals surface area contributed by atoms with E-state index in [9.17, 15) is 18.0 Å². The highest BCUT2D eigenvalue weighted by Crippen LogP contribution is 2.35. The number of aryl methyl sites for hydroxylation is 2. The number of hydrogen-bond acceptors (Lipinski definition) is 5. The lowest BCUT2D eigenvalue weighted by atomic mass is 10.1. The van der Waals surface area contributed by atoms with Gasteiger partial charge in [0.1, 0.15) is 10.8 Å². The van der Waals surface area contributed by atoms with Gasteiger partial charge in [0, 0.05) is 37.0 Å². The minimum Gasteiger partial charge on any atom is -0.497 e. The molecule has 3 aromatic heterocycles. The molecule has 4 rings (SSSR count). The summed E-state index contributed by atoms with van der Waals surface area (Å²) in [7, 11) is 2.99. The van der Waals surface area contributed by atoms with Gasteiger partial charge in [0.15, 0.2) is 17.0 Å². The number of ether oxygens (including phenoxy) is 1. The second-order valence-electron chi connectivity index (χ2n) is 8.28. The summed E-state index contributed by atoms with van der Waals surface area (Å²) >= 11 is 6.43. The standard InChI is InChI=1S/C24H24ClF3N6O2/c1-6-33-14(3)17(13(2)30-33)12-32(4)23(35)21-20(25)22-29-18(15-8-7-9-16(10-15)36-5)11-19(24(26,27)28)34(22)31-21/h7-11H,6,12H2,1-5H3. The van der Waals surface area contributed by atoms with Crippen LogP contribution in [0.4, 0.5) is 13.2 Å². The van der Waals surface area contributed by atoms with E-state index in [0.717, 1.165) is 23.0 Å². The summed E-state index contributed by atoms with van der Waals surface area (Å²) in [5, 5.41) is 8.12. The van der Waals surface area contributed by atoms with E-state index >= 15 is 0 Å². The van der Waals surface area contributed by atoms with Crippen LogP contribution in [-0.2, 0) is 19.3 Å². The van der Waals surface area contributed by atoms with Crippen LogP contribution in [0.15, 0.2) is 30.3 Å². The summed E-state index contributed by atoms with van der Waals surface area (Å²) in [5.74, 6) is -0.179. The zero-order valence-corrected chi connectivity index (χ0v) is 21.1. The molecule has 0 fully saturated rings. The quantitative estimate of drug-likeness (QED) is 0.350. The van der Waals surface area contributed by atoms with Crippen molar-refractivity contribution in [2.24, 2.45) is 0 Å². The number of methoxy groups -OCH3 is 1. The zero-order valence-electron chi connectivity index (χ0n) is 20.3. The van der Waals surface area contributed by atoms with E-state index in [1.165, 1.54) is 19.1 Å². The molecule has 0 atom stereocenters. The Bertz CT molecular complexity index is 1460. The number of carbonyl (C=O) groups is 1. The predicted molar refractivity (Wildman–Crippen MR) is 128 cm³/mol. The Kier molecular flexibility index (Phi) is 6.70. The molecule has 0 bridgehead atoms. The number of alkyl halides is 3. The smallest absolute Gasteiger partial charge is 0.433 e. The first kappa shape index (κ1) is 25.5. The van der Waals surface area contributed by atoms with E-state index in [1.54, 1.807) is 24.3 Å². The number of rotatable bonds is 6. The van der Waals surface area contributed by atoms with Crippen molar-refractivity contribution in [1.82, 2.24) is 29.3 Å². The number of halogens is 4. The third-order valence-electron chi connectivity index (χ3n) is 5.96. The first-order valence-corrected chi connectivity index (χ1v) is 11.4. The van der Waals surface area contributed by atoms with Crippen molar-refractivity contribution in [3.05, 3.63) is 63.7 Å². The Hall–Kier alpha value is -3.60. The Morgan fingerprint density at radius 3 is 2.53 bits per heavy atom. The van der Waals surface area contributed by atoms with Gasteiger partial charge in [-0.1, -0.05) is 23.7 Å². The van der Waals surface area contributed by atoms with Crippen LogP contribution in [0.5, 0.6) is 5.75 Å². The van der Waals surface area contributed by atoms with Gasteiger partial charge in [-0.2, -0.15) is 23.4 Å². The predicted octanol–water partition coefficient (Wildman–Crippen LogP) is 5.18. The van der Waals surface area contributed by atoms with Crippen LogP contribution in [-0.4, -0.2) is 49.3 Å². The fourth-order valence-electron chi connectivity index (χ4n) is 4.02. The van der Waals surface area contributed by atoms with Crippen molar-refractivity contribution in [1.29, 1.82) is 0 Å². The van der Waals surface area contributed by atoms with E-state index in [1.807, 2.05) is 25.5 Å². The van der Waals surface area contributed by atoms with Crippen LogP contribution in [0.25, 0.3) is 16.9 Å². The lowest BCUT2D eigenvalue weighted by Gasteiger charge is -2.16. The lowest BCUT2D eigenvalue weighted by Crippen LogP contribution is -2.27. The molecule has 0 saturated carbocycles. The fourth-order valence-corrected chi connectivity index (χ4v) is 4.26. The Morgan fingerprint density at radius 1 is 1.19 bits per heavy atom. The SMILES string of the molecule is CCn1nc(C)c(CN(C)C(=O)c2nn3c(C(F)(F)F)cc(-c4cccc(OC)c4)nc3c2Cl)c1C. The molecule has 0 N–H and O–H groups in total. The topological polar surface area (TPSA) is 77.6 Å². The zero-order chi connectivity index (χ0) is 26.4. The van der Waals surface area contributed by atoms with Gasteiger partial charge in [0.05, 0.1) is 18.5 Å². The number of hydrogen-bond donors (Lipinski definition) is 0. The molecule has 3 heterocycles. The summed E-state index contributed by atoms with van der Waals surface area (Å²) in [6.07, 6.45) is -4.78. The Morgan fingerprint density at radius 2 is 1.92 bits per heavy atom. The van der Waals surface area contributed by atoms with Gasteiger partial charge in [0.2, 0.25) is 0 Å². The summed E-state index contributed by atoms with van der Waals surface area (Å²) in [6.45, 7) is 6.55. The van der Waals surface area contributed by atoms with Crippen molar-refractivity contribution in [3.8, 4) is 17.0 Å². The summed E-state index contributed by atoms with van der Waals surface area (Å²) in [4.78, 5) is 18.9. The molecule has 0 aliphatic rings. The summed E-state index contributed by atoms with van der Waals surface area (Å²) < 4.78 is 49.6. The van der Waals surface area contributed by atoms with Crippen molar-refractivity contribution >= 4 is 23.2 Å². The highest BCUT2D eigenvalue weighted by atomic mass is 35.5. The molecule has 0 radical (unpaired) electrons. The van der Waals surface area contributed by atoms with Crippen LogP contribution in [0.2, 0.25) is 5.02 Å². The van der Waals surface area contributed by atoms with Gasteiger partial charge >= 0.3 is 6.18 Å². The number of carbonyl (C=O) groups excluding carboxylic acids is 1. The van der Waals surface area contributed by atoms with Crippen molar-refractivity contribution < 1.29 is 22.7 Å². The molecule has 0 aliphatic heterocycles. The molecule has 12 heteroatoms. The molecule has 190 valence electrons. The van der Waals surface area contributed by atoms with Crippen LogP contribution in [0.3, 0.4) is 0 Å². The summed E-state index contributed by atoms with van der Waals surface area (Å²) in [5.41, 5.74) is 1.22. The van der Waals surface area contributed by atoms with Gasteiger partial charge in [-0.3, -0.25) is 9.48 Å². The molecule has 0 aliphatic carbocycles. The monoisotopic (exact) mass is 520 g/mol. The third kappa shape index (κ3) is 4.50. The maximum Gasteiger partial charge on any atom is 0.433 e. The maximum absolute atomic E-state index is 14.0. The second-order valence-corrected chi connectivity index (χ2v) is 8.66. The van der Waals surface area contributed by atoms with Crippen molar-refractivity contribution in [2.75, 3.05) is 14.2 Å². The molecular formula is C24H24ClF3N6O2. The molecule has 1 amide bonds. The largest absolute Gasteiger partial charge is 0.497 e. The minimum absolute atomic E-state index is 0.0149. The van der Waals surface area contributed by atoms with Crippen molar-refractivity contribution in [2.45, 2.75) is 40.0 Å². The van der Waals surface area contributed by atoms with Gasteiger partial charge in [0.25, 0.3) is 5.91 Å². The number of amides is 1. The first-order valence-electron chi connectivity index (χ1n) is 11.1. The number of benzene rings is 1. The molecule has 0 saturated heterocycles. The average Bonchev–Trinajstić information content (AvgIpc) is 3.33. The van der Waals surface area contributed by atoms with E-state index < -0.39 is 17.8 Å². The molecule has 4 aromatic rings. The molecule has 36 heavy (non-hydrogen) atoms. The Balaban J connectivity index is 1.79. The van der Waals surface area contributed by atoms with Gasteiger partial charge in [-0.05, 0) is 39.0 Å². The number of fused-ring (bicyclic) bond motifs is 1. The summed E-state index contributed by atoms with van der Waals surface area (Å²) in [6, 6.07) is 7.34. The minimum atomic E-state index is -4.78. The second kappa shape index (κ2) is 9.45. The normalized spacial score (nSPS) is 11.8. The van der Waals surface area contributed by atoms with E-state index in [-0.39, 0.29) is 28.6 Å². The first-order chi connectivity index (χ1) is 17.0. The van der Waals surface area contributed by atoms with Crippen LogP contribution in [0, 0.1) is 13.8 Å². The molecule has 0 unspecified atom stereocenters. The van der Waals surface area contributed by atoms with Gasteiger partial charge in [-0.15, -0.1) is 0 Å². The van der Waals surface area contributed by atoms with Crippen LogP contribution in [0.1, 0.15) is 40.1 Å². The fraction of sp³-hybridized carbons (Fsp3) is 0.333. The average molecular weight is 521 g/mol.